The first-order chi connectivity index (χ1) is 12.2. The van der Waals surface area contributed by atoms with Gasteiger partial charge in [-0.25, -0.2) is 4.99 Å². The van der Waals surface area contributed by atoms with Gasteiger partial charge in [-0.15, -0.1) is 24.0 Å². The average Bonchev–Trinajstić information content (AvgIpc) is 2.59. The number of hydrogen-bond donors (Lipinski definition) is 2. The molecule has 0 heterocycles. The lowest BCUT2D eigenvalue weighted by Gasteiger charge is -2.12. The number of methoxy groups -OCH3 is 1. The van der Waals surface area contributed by atoms with E-state index < -0.39 is 0 Å². The number of benzene rings is 1. The van der Waals surface area contributed by atoms with E-state index >= 15 is 0 Å². The third-order valence-corrected chi connectivity index (χ3v) is 3.25. The molecule has 0 aliphatic heterocycles. The minimum absolute atomic E-state index is 0. The van der Waals surface area contributed by atoms with E-state index in [1.54, 1.807) is 7.11 Å². The van der Waals surface area contributed by atoms with Gasteiger partial charge in [0.25, 0.3) is 0 Å². The number of halogens is 1. The molecule has 0 bridgehead atoms. The van der Waals surface area contributed by atoms with Crippen LogP contribution in [0.15, 0.2) is 29.3 Å². The smallest absolute Gasteiger partial charge is 0.191 e. The van der Waals surface area contributed by atoms with Gasteiger partial charge < -0.3 is 24.8 Å². The predicted molar refractivity (Wildman–Crippen MR) is 118 cm³/mol. The van der Waals surface area contributed by atoms with Gasteiger partial charge in [-0.3, -0.25) is 0 Å². The molecule has 0 fully saturated rings. The van der Waals surface area contributed by atoms with Gasteiger partial charge in [-0.2, -0.15) is 0 Å². The fourth-order valence-electron chi connectivity index (χ4n) is 2.08. The largest absolute Gasteiger partial charge is 0.491 e. The van der Waals surface area contributed by atoms with Crippen molar-refractivity contribution in [3.05, 3.63) is 29.8 Å². The van der Waals surface area contributed by atoms with Crippen LogP contribution in [0.4, 0.5) is 0 Å². The van der Waals surface area contributed by atoms with Crippen molar-refractivity contribution in [1.82, 2.24) is 10.6 Å². The summed E-state index contributed by atoms with van der Waals surface area (Å²) >= 11 is 0. The zero-order chi connectivity index (χ0) is 18.3. The van der Waals surface area contributed by atoms with E-state index in [9.17, 15) is 0 Å². The lowest BCUT2D eigenvalue weighted by Crippen LogP contribution is -2.38. The number of guanidine groups is 1. The predicted octanol–water partition coefficient (Wildman–Crippen LogP) is 3.20. The van der Waals surface area contributed by atoms with Gasteiger partial charge in [0, 0.05) is 26.8 Å². The van der Waals surface area contributed by atoms with E-state index in [0.29, 0.717) is 26.4 Å². The molecule has 0 atom stereocenters. The van der Waals surface area contributed by atoms with Gasteiger partial charge in [-0.05, 0) is 44.9 Å². The molecular formula is C19H34IN3O3. The molecule has 0 unspecified atom stereocenters. The van der Waals surface area contributed by atoms with Crippen molar-refractivity contribution in [1.29, 1.82) is 0 Å². The number of nitrogens with one attached hydrogen (secondary N) is 2. The van der Waals surface area contributed by atoms with Crippen LogP contribution in [0, 0.1) is 0 Å². The van der Waals surface area contributed by atoms with Crippen molar-refractivity contribution in [3.63, 3.8) is 0 Å². The highest BCUT2D eigenvalue weighted by molar-refractivity contribution is 14.0. The maximum absolute atomic E-state index is 5.65. The number of aliphatic imine (C=N–C) groups is 1. The van der Waals surface area contributed by atoms with Crippen molar-refractivity contribution in [2.75, 3.05) is 40.0 Å². The zero-order valence-corrected chi connectivity index (χ0v) is 18.7. The Kier molecular flexibility index (Phi) is 15.5. The summed E-state index contributed by atoms with van der Waals surface area (Å²) in [7, 11) is 1.68. The van der Waals surface area contributed by atoms with Crippen molar-refractivity contribution in [2.24, 2.45) is 4.99 Å². The quantitative estimate of drug-likeness (QED) is 0.209. The van der Waals surface area contributed by atoms with Gasteiger partial charge >= 0.3 is 0 Å². The van der Waals surface area contributed by atoms with E-state index in [0.717, 1.165) is 36.8 Å². The molecule has 1 aromatic rings. The first-order valence-electron chi connectivity index (χ1n) is 9.00. The summed E-state index contributed by atoms with van der Waals surface area (Å²) in [6.07, 6.45) is 1.11. The van der Waals surface area contributed by atoms with Crippen LogP contribution in [0.3, 0.4) is 0 Å². The fourth-order valence-corrected chi connectivity index (χ4v) is 2.08. The number of nitrogens with zero attached hydrogens (tertiary/aromatic N) is 1. The Bertz CT molecular complexity index is 481. The standard InChI is InChI=1S/C19H33N3O3.HI/c1-5-20-19(21-11-6-12-24-14-13-23-4)22-15-17-7-9-18(10-8-17)25-16(2)3;/h7-10,16H,5-6,11-15H2,1-4H3,(H2,20,21,22);1H. The Labute approximate surface area is 175 Å². The lowest BCUT2D eigenvalue weighted by atomic mass is 10.2. The van der Waals surface area contributed by atoms with Crippen LogP contribution in [-0.2, 0) is 16.0 Å². The van der Waals surface area contributed by atoms with Gasteiger partial charge in [0.15, 0.2) is 5.96 Å². The number of ether oxygens (including phenoxy) is 3. The second-order valence-electron chi connectivity index (χ2n) is 5.89. The molecule has 150 valence electrons. The topological polar surface area (TPSA) is 64.1 Å². The van der Waals surface area contributed by atoms with Gasteiger partial charge in [0.1, 0.15) is 5.75 Å². The fraction of sp³-hybridized carbons (Fsp3) is 0.632. The van der Waals surface area contributed by atoms with Crippen LogP contribution in [0.5, 0.6) is 5.75 Å². The van der Waals surface area contributed by atoms with E-state index in [-0.39, 0.29) is 30.1 Å². The third kappa shape index (κ3) is 12.3. The van der Waals surface area contributed by atoms with E-state index in [1.807, 2.05) is 26.0 Å². The zero-order valence-electron chi connectivity index (χ0n) is 16.4. The van der Waals surface area contributed by atoms with Crippen LogP contribution in [0.25, 0.3) is 0 Å². The van der Waals surface area contributed by atoms with Crippen LogP contribution in [0.1, 0.15) is 32.8 Å². The number of rotatable bonds is 12. The minimum Gasteiger partial charge on any atom is -0.491 e. The molecule has 0 saturated carbocycles. The molecule has 0 saturated heterocycles. The molecule has 2 N–H and O–H groups in total. The molecule has 0 aromatic heterocycles. The summed E-state index contributed by atoms with van der Waals surface area (Å²) in [6.45, 7) is 10.4. The Morgan fingerprint density at radius 3 is 2.42 bits per heavy atom. The highest BCUT2D eigenvalue weighted by Crippen LogP contribution is 2.14. The van der Waals surface area contributed by atoms with Crippen LogP contribution >= 0.6 is 24.0 Å². The Balaban J connectivity index is 0.00000625. The first kappa shape index (κ1) is 24.9. The molecule has 0 spiro atoms. The minimum atomic E-state index is 0. The van der Waals surface area contributed by atoms with Crippen LogP contribution in [0.2, 0.25) is 0 Å². The summed E-state index contributed by atoms with van der Waals surface area (Å²) in [5, 5.41) is 6.58. The normalized spacial score (nSPS) is 11.2. The van der Waals surface area contributed by atoms with E-state index in [1.165, 1.54) is 0 Å². The molecule has 0 radical (unpaired) electrons. The average molecular weight is 479 g/mol. The van der Waals surface area contributed by atoms with Gasteiger partial charge in [-0.1, -0.05) is 12.1 Å². The molecule has 0 aliphatic rings. The molecule has 6 nitrogen and oxygen atoms in total. The Morgan fingerprint density at radius 1 is 1.08 bits per heavy atom. The molecule has 7 heteroatoms. The van der Waals surface area contributed by atoms with Crippen molar-refractivity contribution < 1.29 is 14.2 Å². The molecule has 26 heavy (non-hydrogen) atoms. The second kappa shape index (κ2) is 16.1. The van der Waals surface area contributed by atoms with Crippen LogP contribution < -0.4 is 15.4 Å². The second-order valence-corrected chi connectivity index (χ2v) is 5.89. The summed E-state index contributed by atoms with van der Waals surface area (Å²) in [5.41, 5.74) is 1.15. The summed E-state index contributed by atoms with van der Waals surface area (Å²) in [6, 6.07) is 8.08. The summed E-state index contributed by atoms with van der Waals surface area (Å²) < 4.78 is 16.0. The van der Waals surface area contributed by atoms with Crippen molar-refractivity contribution in [3.8, 4) is 5.75 Å². The van der Waals surface area contributed by atoms with E-state index in [4.69, 9.17) is 14.2 Å². The molecule has 1 aromatic carbocycles. The SMILES string of the molecule is CCNC(=NCc1ccc(OC(C)C)cc1)NCCCOCCOC.I. The summed E-state index contributed by atoms with van der Waals surface area (Å²) in [4.78, 5) is 4.61. The molecular weight excluding hydrogens is 445 g/mol. The maximum Gasteiger partial charge on any atom is 0.191 e. The van der Waals surface area contributed by atoms with Crippen molar-refractivity contribution >= 4 is 29.9 Å². The lowest BCUT2D eigenvalue weighted by molar-refractivity contribution is 0.0698. The Morgan fingerprint density at radius 2 is 1.81 bits per heavy atom. The number of hydrogen-bond acceptors (Lipinski definition) is 4. The maximum atomic E-state index is 5.65. The van der Waals surface area contributed by atoms with Gasteiger partial charge in [0.05, 0.1) is 25.9 Å². The van der Waals surface area contributed by atoms with Crippen LogP contribution in [-0.4, -0.2) is 52.1 Å². The first-order valence-corrected chi connectivity index (χ1v) is 9.00. The summed E-state index contributed by atoms with van der Waals surface area (Å²) in [5.74, 6) is 1.71. The van der Waals surface area contributed by atoms with Crippen molar-refractivity contribution in [2.45, 2.75) is 39.8 Å². The molecule has 0 amide bonds. The molecule has 1 rings (SSSR count). The highest BCUT2D eigenvalue weighted by atomic mass is 127. The Hall–Kier alpha value is -1.06. The van der Waals surface area contributed by atoms with Gasteiger partial charge in [0.2, 0.25) is 0 Å². The van der Waals surface area contributed by atoms with E-state index in [2.05, 4.69) is 34.7 Å². The third-order valence-electron chi connectivity index (χ3n) is 3.25. The monoisotopic (exact) mass is 479 g/mol. The molecule has 0 aliphatic carbocycles. The highest BCUT2D eigenvalue weighted by Gasteiger charge is 2.00.